The van der Waals surface area contributed by atoms with E-state index in [0.717, 1.165) is 27.8 Å². The molecule has 5 nitrogen and oxygen atoms in total. The van der Waals surface area contributed by atoms with Crippen LogP contribution < -0.4 is 11.5 Å². The van der Waals surface area contributed by atoms with E-state index in [2.05, 4.69) is 24.3 Å². The van der Waals surface area contributed by atoms with Crippen LogP contribution in [0.4, 0.5) is 0 Å². The number of amides is 2. The van der Waals surface area contributed by atoms with Crippen LogP contribution in [-0.4, -0.2) is 29.3 Å². The number of primary amides is 1. The zero-order chi connectivity index (χ0) is 26.9. The lowest BCUT2D eigenvalue weighted by atomic mass is 9.88. The van der Waals surface area contributed by atoms with Gasteiger partial charge in [-0.2, -0.15) is 0 Å². The largest absolute Gasteiger partial charge is 0.368 e. The lowest BCUT2D eigenvalue weighted by molar-refractivity contribution is -0.142. The molecule has 0 fully saturated rings. The van der Waals surface area contributed by atoms with Gasteiger partial charge in [-0.05, 0) is 54.1 Å². The molecule has 0 saturated heterocycles. The summed E-state index contributed by atoms with van der Waals surface area (Å²) < 4.78 is 0. The maximum atomic E-state index is 14.5. The summed E-state index contributed by atoms with van der Waals surface area (Å²) in [6, 6.07) is 36.5. The van der Waals surface area contributed by atoms with Crippen molar-refractivity contribution >= 4 is 11.8 Å². The van der Waals surface area contributed by atoms with Gasteiger partial charge >= 0.3 is 0 Å². The van der Waals surface area contributed by atoms with Crippen LogP contribution in [0.1, 0.15) is 48.4 Å². The molecule has 0 aromatic heterocycles. The quantitative estimate of drug-likeness (QED) is 0.275. The van der Waals surface area contributed by atoms with Crippen molar-refractivity contribution in [3.8, 4) is 11.1 Å². The summed E-state index contributed by atoms with van der Waals surface area (Å²) in [5, 5.41) is 0. The summed E-state index contributed by atoms with van der Waals surface area (Å²) in [6.07, 6.45) is 0.985. The van der Waals surface area contributed by atoms with Crippen molar-refractivity contribution in [3.05, 3.63) is 132 Å². The minimum atomic E-state index is -0.787. The molecule has 5 heteroatoms. The van der Waals surface area contributed by atoms with Crippen molar-refractivity contribution in [2.75, 3.05) is 6.54 Å². The molecule has 4 aromatic carbocycles. The van der Waals surface area contributed by atoms with E-state index < -0.39 is 23.9 Å². The first-order valence-corrected chi connectivity index (χ1v) is 13.1. The van der Waals surface area contributed by atoms with E-state index in [0.29, 0.717) is 19.4 Å². The van der Waals surface area contributed by atoms with Gasteiger partial charge in [0.05, 0.1) is 12.0 Å². The second kappa shape index (κ2) is 12.8. The van der Waals surface area contributed by atoms with Gasteiger partial charge < -0.3 is 16.4 Å². The molecule has 194 valence electrons. The van der Waals surface area contributed by atoms with E-state index >= 15 is 0 Å². The Kier molecular flexibility index (Phi) is 9.07. The van der Waals surface area contributed by atoms with E-state index in [9.17, 15) is 9.59 Å². The van der Waals surface area contributed by atoms with Crippen LogP contribution >= 0.6 is 0 Å². The Balaban J connectivity index is 1.77. The van der Waals surface area contributed by atoms with Crippen LogP contribution in [0.5, 0.6) is 0 Å². The number of benzene rings is 4. The Hall–Kier alpha value is -4.22. The lowest BCUT2D eigenvalue weighted by Crippen LogP contribution is -2.50. The number of rotatable bonds is 11. The average Bonchev–Trinajstić information content (AvgIpc) is 2.96. The Morgan fingerprint density at radius 3 is 1.63 bits per heavy atom. The van der Waals surface area contributed by atoms with E-state index in [4.69, 9.17) is 11.5 Å². The average molecular weight is 506 g/mol. The molecule has 38 heavy (non-hydrogen) atoms. The van der Waals surface area contributed by atoms with E-state index in [1.54, 1.807) is 4.90 Å². The third kappa shape index (κ3) is 6.18. The summed E-state index contributed by atoms with van der Waals surface area (Å²) in [5.41, 5.74) is 16.6. The molecule has 0 bridgehead atoms. The predicted molar refractivity (Wildman–Crippen MR) is 153 cm³/mol. The summed E-state index contributed by atoms with van der Waals surface area (Å²) in [4.78, 5) is 29.0. The van der Waals surface area contributed by atoms with Crippen LogP contribution in [0.3, 0.4) is 0 Å². The molecule has 0 radical (unpaired) electrons. The second-order valence-corrected chi connectivity index (χ2v) is 9.51. The summed E-state index contributed by atoms with van der Waals surface area (Å²) in [7, 11) is 0. The monoisotopic (exact) mass is 505 g/mol. The molecule has 0 aliphatic rings. The highest BCUT2D eigenvalue weighted by atomic mass is 16.2. The molecule has 0 saturated carbocycles. The van der Waals surface area contributed by atoms with Gasteiger partial charge in [0.2, 0.25) is 11.8 Å². The van der Waals surface area contributed by atoms with Gasteiger partial charge in [0, 0.05) is 0 Å². The van der Waals surface area contributed by atoms with Crippen molar-refractivity contribution < 1.29 is 9.59 Å². The van der Waals surface area contributed by atoms with Crippen LogP contribution in [0.2, 0.25) is 0 Å². The van der Waals surface area contributed by atoms with Gasteiger partial charge in [-0.3, -0.25) is 9.59 Å². The Morgan fingerprint density at radius 1 is 0.684 bits per heavy atom. The minimum Gasteiger partial charge on any atom is -0.368 e. The summed E-state index contributed by atoms with van der Waals surface area (Å²) in [6.45, 7) is 2.37. The van der Waals surface area contributed by atoms with Crippen molar-refractivity contribution in [2.45, 2.75) is 37.8 Å². The predicted octanol–water partition coefficient (Wildman–Crippen LogP) is 5.67. The third-order valence-corrected chi connectivity index (χ3v) is 7.03. The molecule has 2 amide bonds. The fourth-order valence-corrected chi connectivity index (χ4v) is 5.01. The molecule has 0 unspecified atom stereocenters. The zero-order valence-corrected chi connectivity index (χ0v) is 21.7. The van der Waals surface area contributed by atoms with Crippen LogP contribution in [-0.2, 0) is 9.59 Å². The smallest absolute Gasteiger partial charge is 0.240 e. The van der Waals surface area contributed by atoms with Gasteiger partial charge in [-0.1, -0.05) is 115 Å². The summed E-state index contributed by atoms with van der Waals surface area (Å²) >= 11 is 0. The molecule has 0 spiro atoms. The first-order valence-electron chi connectivity index (χ1n) is 13.1. The standard InChI is InChI=1S/C33H35N3O2/c1-24(25-19-21-27(22-20-25)26-12-5-2-6-13-26)36(30(32(35)37)18-11-23-34)33(38)31(28-14-7-3-8-15-28)29-16-9-4-10-17-29/h2-10,12-17,19-22,24,30-31H,11,18,23,34H2,1H3,(H2,35,37)/t24-,30-/m1/s1. The zero-order valence-electron chi connectivity index (χ0n) is 21.7. The van der Waals surface area contributed by atoms with Crippen LogP contribution in [0.25, 0.3) is 11.1 Å². The number of carbonyl (C=O) groups excluding carboxylic acids is 2. The van der Waals surface area contributed by atoms with Gasteiger partial charge in [0.25, 0.3) is 0 Å². The van der Waals surface area contributed by atoms with Crippen molar-refractivity contribution in [1.29, 1.82) is 0 Å². The molecule has 0 aliphatic carbocycles. The van der Waals surface area contributed by atoms with Crippen molar-refractivity contribution in [3.63, 3.8) is 0 Å². The lowest BCUT2D eigenvalue weighted by Gasteiger charge is -2.38. The van der Waals surface area contributed by atoms with Crippen LogP contribution in [0, 0.1) is 0 Å². The number of carbonyl (C=O) groups is 2. The van der Waals surface area contributed by atoms with E-state index in [1.165, 1.54) is 0 Å². The molecule has 0 heterocycles. The Bertz CT molecular complexity index is 1270. The van der Waals surface area contributed by atoms with Crippen molar-refractivity contribution in [1.82, 2.24) is 4.90 Å². The molecular weight excluding hydrogens is 470 g/mol. The van der Waals surface area contributed by atoms with Crippen molar-refractivity contribution in [2.24, 2.45) is 11.5 Å². The van der Waals surface area contributed by atoms with Gasteiger partial charge in [-0.25, -0.2) is 0 Å². The maximum absolute atomic E-state index is 14.5. The Labute approximate surface area is 225 Å². The van der Waals surface area contributed by atoms with Gasteiger partial charge in [0.1, 0.15) is 6.04 Å². The molecule has 0 aliphatic heterocycles. The first-order chi connectivity index (χ1) is 18.5. The molecule has 4 N–H and O–H groups in total. The molecule has 4 aromatic rings. The fraction of sp³-hybridized carbons (Fsp3) is 0.212. The normalized spacial score (nSPS) is 12.6. The first kappa shape index (κ1) is 26.8. The second-order valence-electron chi connectivity index (χ2n) is 9.51. The summed E-state index contributed by atoms with van der Waals surface area (Å²) in [5.74, 6) is -1.27. The van der Waals surface area contributed by atoms with E-state index in [1.807, 2.05) is 97.9 Å². The number of nitrogens with zero attached hydrogens (tertiary/aromatic N) is 1. The topological polar surface area (TPSA) is 89.4 Å². The number of nitrogens with two attached hydrogens (primary N) is 2. The molecular formula is C33H35N3O2. The van der Waals surface area contributed by atoms with Gasteiger partial charge in [-0.15, -0.1) is 0 Å². The third-order valence-electron chi connectivity index (χ3n) is 7.03. The number of hydrogen-bond acceptors (Lipinski definition) is 3. The number of hydrogen-bond donors (Lipinski definition) is 2. The minimum absolute atomic E-state index is 0.164. The highest BCUT2D eigenvalue weighted by Gasteiger charge is 2.37. The van der Waals surface area contributed by atoms with E-state index in [-0.39, 0.29) is 5.91 Å². The van der Waals surface area contributed by atoms with Gasteiger partial charge in [0.15, 0.2) is 0 Å². The highest BCUT2D eigenvalue weighted by Crippen LogP contribution is 2.34. The maximum Gasteiger partial charge on any atom is 0.240 e. The highest BCUT2D eigenvalue weighted by molar-refractivity contribution is 5.92. The molecule has 2 atom stereocenters. The molecule has 4 rings (SSSR count). The van der Waals surface area contributed by atoms with Crippen LogP contribution in [0.15, 0.2) is 115 Å². The Morgan fingerprint density at radius 2 is 1.16 bits per heavy atom. The fourth-order valence-electron chi connectivity index (χ4n) is 5.01. The SMILES string of the molecule is C[C@H](c1ccc(-c2ccccc2)cc1)N(C(=O)C(c1ccccc1)c1ccccc1)[C@H](CCCN)C(N)=O.